The van der Waals surface area contributed by atoms with E-state index in [1.165, 1.54) is 0 Å². The van der Waals surface area contributed by atoms with Crippen LogP contribution in [0.5, 0.6) is 17.2 Å². The number of anilines is 2. The number of carbonyl (C=O) groups is 1. The lowest BCUT2D eigenvalue weighted by Crippen LogP contribution is -2.31. The molecule has 1 heterocycles. The van der Waals surface area contributed by atoms with E-state index in [1.54, 1.807) is 54.7 Å². The van der Waals surface area contributed by atoms with Crippen molar-refractivity contribution in [3.8, 4) is 28.4 Å². The first kappa shape index (κ1) is 25.2. The van der Waals surface area contributed by atoms with Crippen molar-refractivity contribution >= 4 is 28.2 Å². The predicted molar refractivity (Wildman–Crippen MR) is 163 cm³/mol. The number of hydrogen-bond acceptors (Lipinski definition) is 7. The number of hydrogen-bond donors (Lipinski definition) is 4. The lowest BCUT2D eigenvalue weighted by Gasteiger charge is -2.35. The second-order valence-corrected chi connectivity index (χ2v) is 10.3. The molecule has 7 rings (SSSR count). The average Bonchev–Trinajstić information content (AvgIpc) is 3.31. The first-order valence-corrected chi connectivity index (χ1v) is 13.4. The first-order valence-electron chi connectivity index (χ1n) is 13.4. The van der Waals surface area contributed by atoms with Crippen LogP contribution in [0.15, 0.2) is 115 Å². The summed E-state index contributed by atoms with van der Waals surface area (Å²) in [6.07, 6.45) is 1.66. The molecule has 5 aromatic carbocycles. The number of aromatic hydroxyl groups is 2. The van der Waals surface area contributed by atoms with E-state index in [9.17, 15) is 15.0 Å². The molecule has 0 saturated heterocycles. The molecule has 1 aliphatic rings. The van der Waals surface area contributed by atoms with Crippen molar-refractivity contribution in [2.45, 2.75) is 5.41 Å². The molecule has 0 spiro atoms. The van der Waals surface area contributed by atoms with Crippen molar-refractivity contribution in [3.05, 3.63) is 143 Å². The number of aromatic nitrogens is 1. The zero-order valence-electron chi connectivity index (χ0n) is 22.3. The molecule has 0 aliphatic heterocycles. The van der Waals surface area contributed by atoms with Crippen LogP contribution in [0.3, 0.4) is 0 Å². The Morgan fingerprint density at radius 3 is 2.07 bits per heavy atom. The van der Waals surface area contributed by atoms with Crippen LogP contribution in [-0.2, 0) is 5.41 Å². The monoisotopic (exact) mass is 551 g/mol. The Bertz CT molecular complexity index is 2000. The fourth-order valence-corrected chi connectivity index (χ4v) is 6.19. The quantitative estimate of drug-likeness (QED) is 0.0862. The van der Waals surface area contributed by atoms with Gasteiger partial charge in [0.25, 0.3) is 0 Å². The number of esters is 1. The zero-order valence-corrected chi connectivity index (χ0v) is 22.3. The van der Waals surface area contributed by atoms with Gasteiger partial charge < -0.3 is 26.4 Å². The summed E-state index contributed by atoms with van der Waals surface area (Å²) in [6, 6.07) is 32.7. The van der Waals surface area contributed by atoms with Crippen molar-refractivity contribution in [1.82, 2.24) is 4.98 Å². The number of phenolic OH excluding ortho intramolecular Hbond substituents is 2. The maximum Gasteiger partial charge on any atom is 0.343 e. The summed E-state index contributed by atoms with van der Waals surface area (Å²) in [5.74, 6) is -0.316. The average molecular weight is 552 g/mol. The highest BCUT2D eigenvalue weighted by molar-refractivity contribution is 6.01. The minimum atomic E-state index is -1.10. The second-order valence-electron chi connectivity index (χ2n) is 10.3. The molecular weight excluding hydrogens is 526 g/mol. The summed E-state index contributed by atoms with van der Waals surface area (Å²) >= 11 is 0. The van der Waals surface area contributed by atoms with E-state index in [1.807, 2.05) is 60.7 Å². The van der Waals surface area contributed by atoms with Gasteiger partial charge >= 0.3 is 5.97 Å². The molecule has 0 amide bonds. The number of nitrogens with two attached hydrogens (primary N) is 2. The van der Waals surface area contributed by atoms with Gasteiger partial charge in [0.2, 0.25) is 0 Å². The maximum atomic E-state index is 14.2. The van der Waals surface area contributed by atoms with Crippen LogP contribution < -0.4 is 16.2 Å². The van der Waals surface area contributed by atoms with E-state index >= 15 is 0 Å². The molecule has 42 heavy (non-hydrogen) atoms. The van der Waals surface area contributed by atoms with Gasteiger partial charge in [-0.25, -0.2) is 4.79 Å². The largest absolute Gasteiger partial charge is 0.506 e. The normalized spacial score (nSPS) is 13.0. The number of ether oxygens (including phenoxy) is 1. The van der Waals surface area contributed by atoms with Gasteiger partial charge in [-0.05, 0) is 75.8 Å². The molecule has 0 fully saturated rings. The molecule has 7 heteroatoms. The molecule has 204 valence electrons. The fourth-order valence-electron chi connectivity index (χ4n) is 6.19. The lowest BCUT2D eigenvalue weighted by molar-refractivity contribution is 0.0735. The van der Waals surface area contributed by atoms with Gasteiger partial charge in [-0.2, -0.15) is 0 Å². The van der Waals surface area contributed by atoms with Gasteiger partial charge in [-0.3, -0.25) is 4.98 Å². The fraction of sp³-hybridized carbons (Fsp3) is 0.0286. The number of nitrogens with zero attached hydrogens (tertiary/aromatic N) is 1. The molecule has 0 unspecified atom stereocenters. The van der Waals surface area contributed by atoms with Crippen LogP contribution in [-0.4, -0.2) is 21.2 Å². The molecule has 0 radical (unpaired) electrons. The third-order valence-corrected chi connectivity index (χ3v) is 8.00. The Hall–Kier alpha value is -5.82. The number of benzene rings is 5. The third kappa shape index (κ3) is 3.60. The number of carbonyl (C=O) groups excluding carboxylic acids is 1. The topological polar surface area (TPSA) is 132 Å². The summed E-state index contributed by atoms with van der Waals surface area (Å²) in [5.41, 5.74) is 17.5. The summed E-state index contributed by atoms with van der Waals surface area (Å²) in [6.45, 7) is 0. The van der Waals surface area contributed by atoms with Crippen molar-refractivity contribution in [2.75, 3.05) is 11.5 Å². The van der Waals surface area contributed by atoms with Gasteiger partial charge in [0.15, 0.2) is 5.75 Å². The highest BCUT2D eigenvalue weighted by Gasteiger charge is 2.49. The van der Waals surface area contributed by atoms with Crippen LogP contribution in [0, 0.1) is 0 Å². The Morgan fingerprint density at radius 2 is 1.36 bits per heavy atom. The van der Waals surface area contributed by atoms with E-state index < -0.39 is 11.4 Å². The Balaban J connectivity index is 1.54. The summed E-state index contributed by atoms with van der Waals surface area (Å²) in [5, 5.41) is 21.5. The summed E-state index contributed by atoms with van der Waals surface area (Å²) in [7, 11) is 0. The second kappa shape index (κ2) is 9.38. The number of phenols is 2. The van der Waals surface area contributed by atoms with E-state index in [0.29, 0.717) is 33.5 Å². The minimum Gasteiger partial charge on any atom is -0.506 e. The Kier molecular flexibility index (Phi) is 5.62. The Morgan fingerprint density at radius 1 is 0.714 bits per heavy atom. The van der Waals surface area contributed by atoms with Gasteiger partial charge in [0.05, 0.1) is 22.4 Å². The molecule has 7 nitrogen and oxygen atoms in total. The van der Waals surface area contributed by atoms with Gasteiger partial charge in [-0.15, -0.1) is 0 Å². The maximum absolute atomic E-state index is 14.2. The van der Waals surface area contributed by atoms with E-state index in [0.717, 1.165) is 22.1 Å². The molecule has 1 aliphatic carbocycles. The van der Waals surface area contributed by atoms with Gasteiger partial charge in [-0.1, -0.05) is 66.7 Å². The molecule has 1 aromatic heterocycles. The third-order valence-electron chi connectivity index (χ3n) is 8.00. The zero-order chi connectivity index (χ0) is 29.0. The summed E-state index contributed by atoms with van der Waals surface area (Å²) in [4.78, 5) is 18.6. The lowest BCUT2D eigenvalue weighted by atomic mass is 9.66. The Labute approximate surface area is 241 Å². The van der Waals surface area contributed by atoms with Crippen LogP contribution >= 0.6 is 0 Å². The molecule has 6 aromatic rings. The summed E-state index contributed by atoms with van der Waals surface area (Å²) < 4.78 is 6.06. The smallest absolute Gasteiger partial charge is 0.343 e. The molecule has 6 N–H and O–H groups in total. The number of nitrogen functional groups attached to an aromatic ring is 2. The van der Waals surface area contributed by atoms with Crippen LogP contribution in [0.2, 0.25) is 0 Å². The standard InChI is InChI=1S/C35H25N3O4/c36-27-18-21(13-15-29(27)39)35(22-14-16-30(40)28(37)19-22)26-11-2-1-8-23(26)24-9-4-10-25(32(24)35)34(41)42-31-12-3-6-20-7-5-17-38-33(20)31/h1-19,39-40H,36-37H2. The van der Waals surface area contributed by atoms with Gasteiger partial charge in [0.1, 0.15) is 17.0 Å². The number of rotatable bonds is 4. The van der Waals surface area contributed by atoms with Crippen LogP contribution in [0.1, 0.15) is 32.6 Å². The van der Waals surface area contributed by atoms with Crippen LogP contribution in [0.25, 0.3) is 22.0 Å². The predicted octanol–water partition coefficient (Wildman–Crippen LogP) is 6.39. The van der Waals surface area contributed by atoms with E-state index in [-0.39, 0.29) is 22.9 Å². The van der Waals surface area contributed by atoms with Crippen molar-refractivity contribution in [2.24, 2.45) is 0 Å². The SMILES string of the molecule is Nc1cc(C2(c3ccc(O)c(N)c3)c3ccccc3-c3cccc(C(=O)Oc4cccc5cccnc45)c32)ccc1O. The van der Waals surface area contributed by atoms with E-state index in [2.05, 4.69) is 4.98 Å². The van der Waals surface area contributed by atoms with E-state index in [4.69, 9.17) is 16.2 Å². The first-order chi connectivity index (χ1) is 20.4. The number of para-hydroxylation sites is 1. The van der Waals surface area contributed by atoms with Crippen molar-refractivity contribution < 1.29 is 19.7 Å². The molecular formula is C35H25N3O4. The molecule has 0 bridgehead atoms. The van der Waals surface area contributed by atoms with Gasteiger partial charge in [0, 0.05) is 11.6 Å². The minimum absolute atomic E-state index is 0.0539. The van der Waals surface area contributed by atoms with Crippen molar-refractivity contribution in [3.63, 3.8) is 0 Å². The number of pyridine rings is 1. The molecule has 0 saturated carbocycles. The van der Waals surface area contributed by atoms with Crippen LogP contribution in [0.4, 0.5) is 11.4 Å². The van der Waals surface area contributed by atoms with Crippen molar-refractivity contribution in [1.29, 1.82) is 0 Å². The number of fused-ring (bicyclic) bond motifs is 4. The molecule has 0 atom stereocenters. The highest BCUT2D eigenvalue weighted by Crippen LogP contribution is 2.58. The highest BCUT2D eigenvalue weighted by atomic mass is 16.5.